The van der Waals surface area contributed by atoms with Crippen molar-refractivity contribution in [2.45, 2.75) is 27.3 Å². The maximum absolute atomic E-state index is 12.0. The van der Waals surface area contributed by atoms with E-state index in [4.69, 9.17) is 9.26 Å². The molecule has 0 aliphatic heterocycles. The van der Waals surface area contributed by atoms with Crippen molar-refractivity contribution >= 4 is 29.0 Å². The van der Waals surface area contributed by atoms with Crippen molar-refractivity contribution in [3.8, 4) is 0 Å². The molecule has 0 radical (unpaired) electrons. The molecular weight excluding hydrogens is 320 g/mol. The highest BCUT2D eigenvalue weighted by Crippen LogP contribution is 2.18. The zero-order valence-electron chi connectivity index (χ0n) is 13.0. The number of ether oxygens (including phenoxy) is 1. The quantitative estimate of drug-likeness (QED) is 0.640. The Kier molecular flexibility index (Phi) is 5.28. The van der Waals surface area contributed by atoms with Crippen LogP contribution in [0.2, 0.25) is 0 Å². The van der Waals surface area contributed by atoms with E-state index in [0.717, 1.165) is 4.88 Å². The van der Waals surface area contributed by atoms with Gasteiger partial charge in [-0.15, -0.1) is 11.3 Å². The lowest BCUT2D eigenvalue weighted by Gasteiger charge is -2.02. The summed E-state index contributed by atoms with van der Waals surface area (Å²) in [4.78, 5) is 36.2. The molecule has 0 saturated heterocycles. The van der Waals surface area contributed by atoms with Gasteiger partial charge in [-0.1, -0.05) is 5.16 Å². The molecule has 8 heteroatoms. The average molecular weight is 336 g/mol. The summed E-state index contributed by atoms with van der Waals surface area (Å²) in [6.45, 7) is 4.66. The zero-order chi connectivity index (χ0) is 17.0. The van der Waals surface area contributed by atoms with Gasteiger partial charge in [0, 0.05) is 11.8 Å². The molecule has 0 aromatic carbocycles. The lowest BCUT2D eigenvalue weighted by Crippen LogP contribution is -2.18. The largest absolute Gasteiger partial charge is 0.454 e. The van der Waals surface area contributed by atoms with Gasteiger partial charge in [0.2, 0.25) is 11.7 Å². The number of aromatic nitrogens is 1. The Hall–Kier alpha value is -2.48. The summed E-state index contributed by atoms with van der Waals surface area (Å²) in [5.74, 6) is -0.720. The van der Waals surface area contributed by atoms with Crippen molar-refractivity contribution in [1.82, 2.24) is 10.5 Å². The summed E-state index contributed by atoms with van der Waals surface area (Å²) in [5.41, 5.74) is 0.670. The number of Topliss-reactive ketones (excluding diaryl/α,β-unsaturated/α-hetero) is 1. The van der Waals surface area contributed by atoms with E-state index in [9.17, 15) is 14.4 Å². The highest BCUT2D eigenvalue weighted by molar-refractivity contribution is 7.14. The van der Waals surface area contributed by atoms with Crippen molar-refractivity contribution in [3.63, 3.8) is 0 Å². The maximum atomic E-state index is 12.0. The first kappa shape index (κ1) is 16.9. The van der Waals surface area contributed by atoms with Crippen LogP contribution in [0.25, 0.3) is 0 Å². The van der Waals surface area contributed by atoms with Crippen molar-refractivity contribution in [1.29, 1.82) is 0 Å². The fourth-order valence-corrected chi connectivity index (χ4v) is 2.75. The van der Waals surface area contributed by atoms with E-state index in [1.165, 1.54) is 18.3 Å². The van der Waals surface area contributed by atoms with E-state index in [0.29, 0.717) is 22.9 Å². The Morgan fingerprint density at radius 2 is 2.04 bits per heavy atom. The van der Waals surface area contributed by atoms with Crippen molar-refractivity contribution in [2.24, 2.45) is 0 Å². The molecule has 122 valence electrons. The van der Waals surface area contributed by atoms with E-state index in [2.05, 4.69) is 10.5 Å². The molecule has 0 aliphatic rings. The smallest absolute Gasteiger partial charge is 0.344 e. The Bertz CT molecular complexity index is 727. The number of hydrogen-bond acceptors (Lipinski definition) is 7. The molecule has 2 aromatic rings. The first-order valence-electron chi connectivity index (χ1n) is 6.85. The Balaban J connectivity index is 1.92. The summed E-state index contributed by atoms with van der Waals surface area (Å²) < 4.78 is 9.91. The first-order chi connectivity index (χ1) is 10.9. The molecule has 2 rings (SSSR count). The molecule has 2 heterocycles. The van der Waals surface area contributed by atoms with Crippen LogP contribution in [-0.4, -0.2) is 29.4 Å². The number of nitrogens with one attached hydrogen (secondary N) is 1. The van der Waals surface area contributed by atoms with Crippen LogP contribution >= 0.6 is 11.3 Å². The predicted molar refractivity (Wildman–Crippen MR) is 82.4 cm³/mol. The lowest BCUT2D eigenvalue weighted by molar-refractivity contribution is -0.119. The van der Waals surface area contributed by atoms with Crippen LogP contribution in [0, 0.1) is 13.8 Å². The van der Waals surface area contributed by atoms with Crippen LogP contribution in [0.4, 0.5) is 0 Å². The van der Waals surface area contributed by atoms with Crippen LogP contribution in [0.15, 0.2) is 16.7 Å². The number of esters is 1. The van der Waals surface area contributed by atoms with Gasteiger partial charge in [-0.05, 0) is 26.0 Å². The van der Waals surface area contributed by atoms with Gasteiger partial charge in [-0.2, -0.15) is 0 Å². The molecule has 0 bridgehead atoms. The molecule has 0 unspecified atom stereocenters. The van der Waals surface area contributed by atoms with Gasteiger partial charge in [0.25, 0.3) is 0 Å². The van der Waals surface area contributed by atoms with E-state index in [-0.39, 0.29) is 23.9 Å². The van der Waals surface area contributed by atoms with E-state index in [1.807, 2.05) is 0 Å². The molecule has 1 N–H and O–H groups in total. The third-order valence-corrected chi connectivity index (χ3v) is 4.15. The van der Waals surface area contributed by atoms with E-state index < -0.39 is 5.97 Å². The Morgan fingerprint density at radius 1 is 1.30 bits per heavy atom. The summed E-state index contributed by atoms with van der Waals surface area (Å²) in [7, 11) is 0. The van der Waals surface area contributed by atoms with Gasteiger partial charge in [0.1, 0.15) is 11.3 Å². The zero-order valence-corrected chi connectivity index (χ0v) is 13.8. The third kappa shape index (κ3) is 4.26. The van der Waals surface area contributed by atoms with Crippen molar-refractivity contribution < 1.29 is 23.6 Å². The monoisotopic (exact) mass is 336 g/mol. The summed E-state index contributed by atoms with van der Waals surface area (Å²) in [6, 6.07) is 3.40. The molecule has 0 spiro atoms. The minimum absolute atomic E-state index is 0.139. The fraction of sp³-hybridized carbons (Fsp3) is 0.333. The van der Waals surface area contributed by atoms with Gasteiger partial charge in [0.15, 0.2) is 6.61 Å². The summed E-state index contributed by atoms with van der Waals surface area (Å²) in [5, 5.41) is 6.32. The highest BCUT2D eigenvalue weighted by Gasteiger charge is 2.20. The number of ketones is 1. The normalized spacial score (nSPS) is 10.4. The van der Waals surface area contributed by atoms with Gasteiger partial charge in [-0.3, -0.25) is 9.59 Å². The Morgan fingerprint density at radius 3 is 2.65 bits per heavy atom. The number of amides is 1. The summed E-state index contributed by atoms with van der Waals surface area (Å²) in [6.07, 6.45) is 0. The molecular formula is C15H16N2O5S. The molecule has 23 heavy (non-hydrogen) atoms. The maximum Gasteiger partial charge on any atom is 0.344 e. The van der Waals surface area contributed by atoms with Gasteiger partial charge in [0.05, 0.1) is 17.1 Å². The van der Waals surface area contributed by atoms with Crippen molar-refractivity contribution in [2.75, 3.05) is 6.61 Å². The van der Waals surface area contributed by atoms with Gasteiger partial charge >= 0.3 is 5.97 Å². The topological polar surface area (TPSA) is 98.5 Å². The summed E-state index contributed by atoms with van der Waals surface area (Å²) >= 11 is 1.25. The molecule has 0 fully saturated rings. The Labute approximate surface area is 136 Å². The number of nitrogens with zero attached hydrogens (tertiary/aromatic N) is 1. The predicted octanol–water partition coefficient (Wildman–Crippen LogP) is 2.03. The second kappa shape index (κ2) is 7.19. The van der Waals surface area contributed by atoms with Crippen molar-refractivity contribution in [3.05, 3.63) is 38.9 Å². The number of thiophene rings is 1. The molecule has 1 amide bonds. The molecule has 0 saturated carbocycles. The van der Waals surface area contributed by atoms with E-state index in [1.54, 1.807) is 26.0 Å². The minimum Gasteiger partial charge on any atom is -0.454 e. The van der Waals surface area contributed by atoms with Gasteiger partial charge < -0.3 is 14.6 Å². The second-order valence-electron chi connectivity index (χ2n) is 4.87. The van der Waals surface area contributed by atoms with Gasteiger partial charge in [-0.25, -0.2) is 4.79 Å². The molecule has 7 nitrogen and oxygen atoms in total. The SMILES string of the molecule is CC(=O)NCc1ccc(C(=O)COC(=O)c2c(C)noc2C)s1. The van der Waals surface area contributed by atoms with Crippen LogP contribution in [-0.2, 0) is 16.1 Å². The van der Waals surface area contributed by atoms with E-state index >= 15 is 0 Å². The number of carbonyl (C=O) groups excluding carboxylic acids is 3. The number of aryl methyl sites for hydroxylation is 2. The van der Waals surface area contributed by atoms with Crippen LogP contribution in [0.1, 0.15) is 43.3 Å². The average Bonchev–Trinajstić information content (AvgIpc) is 3.09. The third-order valence-electron chi connectivity index (χ3n) is 3.02. The minimum atomic E-state index is -0.635. The number of carbonyl (C=O) groups is 3. The van der Waals surface area contributed by atoms with Crippen LogP contribution in [0.5, 0.6) is 0 Å². The standard InChI is InChI=1S/C15H16N2O5S/c1-8-14(9(2)22-17-8)15(20)21-7-12(19)13-5-4-11(23-13)6-16-10(3)18/h4-5H,6-7H2,1-3H3,(H,16,18). The number of rotatable bonds is 6. The molecule has 0 atom stereocenters. The highest BCUT2D eigenvalue weighted by atomic mass is 32.1. The first-order valence-corrected chi connectivity index (χ1v) is 7.66. The fourth-order valence-electron chi connectivity index (χ4n) is 1.88. The van der Waals surface area contributed by atoms with Crippen LogP contribution in [0.3, 0.4) is 0 Å². The molecule has 0 aliphatic carbocycles. The lowest BCUT2D eigenvalue weighted by atomic mass is 10.2. The van der Waals surface area contributed by atoms with Crippen LogP contribution < -0.4 is 5.32 Å². The molecule has 2 aromatic heterocycles. The number of hydrogen-bond donors (Lipinski definition) is 1. The second-order valence-corrected chi connectivity index (χ2v) is 6.04.